The van der Waals surface area contributed by atoms with E-state index in [4.69, 9.17) is 0 Å². The highest BCUT2D eigenvalue weighted by Gasteiger charge is 2.40. The molecule has 0 fully saturated rings. The van der Waals surface area contributed by atoms with Gasteiger partial charge in [-0.3, -0.25) is 9.59 Å². The molecule has 1 aliphatic rings. The second-order valence-electron chi connectivity index (χ2n) is 6.34. The smallest absolute Gasteiger partial charge is 0.283 e. The molecular weight excluding hydrogens is 368 g/mol. The van der Waals surface area contributed by atoms with Gasteiger partial charge in [-0.15, -0.1) is 0 Å². The Hall–Kier alpha value is -3.31. The van der Waals surface area contributed by atoms with Crippen LogP contribution < -0.4 is 10.2 Å². The quantitative estimate of drug-likeness (QED) is 0.628. The standard InChI is InChI=1S/C23H18N2O2S/c1-16-10-8-9-15-19(16)24-20-21(28-18-13-6-3-7-14-18)23(27)25(22(20)26)17-11-4-2-5-12-17/h2-15,24H,1H3. The molecule has 138 valence electrons. The maximum atomic E-state index is 13.2. The van der Waals surface area contributed by atoms with Gasteiger partial charge in [0.2, 0.25) is 0 Å². The molecule has 5 heteroatoms. The summed E-state index contributed by atoms with van der Waals surface area (Å²) in [5, 5.41) is 3.21. The number of thioether (sulfide) groups is 1. The first kappa shape index (κ1) is 18.1. The number of imide groups is 1. The Bertz CT molecular complexity index is 1060. The Kier molecular flexibility index (Phi) is 5.00. The van der Waals surface area contributed by atoms with Crippen LogP contribution in [-0.2, 0) is 9.59 Å². The molecule has 1 aliphatic heterocycles. The molecule has 0 bridgehead atoms. The minimum absolute atomic E-state index is 0.303. The molecule has 4 rings (SSSR count). The van der Waals surface area contributed by atoms with Gasteiger partial charge >= 0.3 is 0 Å². The number of amides is 2. The Balaban J connectivity index is 1.76. The molecule has 0 spiro atoms. The van der Waals surface area contributed by atoms with Gasteiger partial charge in [-0.05, 0) is 42.8 Å². The Morgan fingerprint density at radius 2 is 1.36 bits per heavy atom. The van der Waals surface area contributed by atoms with Gasteiger partial charge in [0.15, 0.2) is 0 Å². The summed E-state index contributed by atoms with van der Waals surface area (Å²) in [4.78, 5) is 28.9. The highest BCUT2D eigenvalue weighted by Crippen LogP contribution is 2.37. The first-order valence-corrected chi connectivity index (χ1v) is 9.70. The van der Waals surface area contributed by atoms with Crippen molar-refractivity contribution < 1.29 is 9.59 Å². The maximum Gasteiger partial charge on any atom is 0.283 e. The second kappa shape index (κ2) is 7.74. The van der Waals surface area contributed by atoms with E-state index in [0.29, 0.717) is 16.3 Å². The number of aryl methyl sites for hydroxylation is 1. The fourth-order valence-corrected chi connectivity index (χ4v) is 3.93. The number of hydrogen-bond donors (Lipinski definition) is 1. The van der Waals surface area contributed by atoms with Crippen molar-refractivity contribution in [3.05, 3.63) is 101 Å². The van der Waals surface area contributed by atoms with Crippen molar-refractivity contribution in [1.29, 1.82) is 0 Å². The highest BCUT2D eigenvalue weighted by atomic mass is 32.2. The third kappa shape index (κ3) is 3.44. The zero-order chi connectivity index (χ0) is 19.5. The SMILES string of the molecule is Cc1ccccc1NC1=C(Sc2ccccc2)C(=O)N(c2ccccc2)C1=O. The lowest BCUT2D eigenvalue weighted by Crippen LogP contribution is -2.32. The van der Waals surface area contributed by atoms with E-state index >= 15 is 0 Å². The van der Waals surface area contributed by atoms with Gasteiger partial charge in [-0.25, -0.2) is 4.90 Å². The van der Waals surface area contributed by atoms with Crippen molar-refractivity contribution in [3.8, 4) is 0 Å². The highest BCUT2D eigenvalue weighted by molar-refractivity contribution is 8.04. The summed E-state index contributed by atoms with van der Waals surface area (Å²) >= 11 is 1.30. The number of nitrogens with zero attached hydrogens (tertiary/aromatic N) is 1. The van der Waals surface area contributed by atoms with E-state index in [0.717, 1.165) is 16.1 Å². The van der Waals surface area contributed by atoms with E-state index in [9.17, 15) is 9.59 Å². The second-order valence-corrected chi connectivity index (χ2v) is 7.42. The molecule has 4 nitrogen and oxygen atoms in total. The van der Waals surface area contributed by atoms with Gasteiger partial charge in [0, 0.05) is 10.6 Å². The lowest BCUT2D eigenvalue weighted by molar-refractivity contribution is -0.120. The number of para-hydroxylation sites is 2. The van der Waals surface area contributed by atoms with E-state index in [1.54, 1.807) is 12.1 Å². The maximum absolute atomic E-state index is 13.2. The third-order valence-electron chi connectivity index (χ3n) is 4.42. The predicted molar refractivity (Wildman–Crippen MR) is 113 cm³/mol. The first-order chi connectivity index (χ1) is 13.6. The van der Waals surface area contributed by atoms with Gasteiger partial charge in [-0.2, -0.15) is 0 Å². The van der Waals surface area contributed by atoms with Gasteiger partial charge in [-0.1, -0.05) is 66.4 Å². The molecule has 0 aromatic heterocycles. The number of nitrogens with one attached hydrogen (secondary N) is 1. The number of carbonyl (C=O) groups excluding carboxylic acids is 2. The van der Waals surface area contributed by atoms with Crippen molar-refractivity contribution in [2.24, 2.45) is 0 Å². The summed E-state index contributed by atoms with van der Waals surface area (Å²) in [7, 11) is 0. The molecule has 1 heterocycles. The normalized spacial score (nSPS) is 14.0. The lowest BCUT2D eigenvalue weighted by Gasteiger charge is -2.15. The minimum Gasteiger partial charge on any atom is -0.350 e. The van der Waals surface area contributed by atoms with Gasteiger partial charge in [0.05, 0.1) is 5.69 Å². The van der Waals surface area contributed by atoms with Crippen LogP contribution in [0.1, 0.15) is 5.56 Å². The first-order valence-electron chi connectivity index (χ1n) is 8.89. The third-order valence-corrected chi connectivity index (χ3v) is 5.51. The molecule has 0 saturated carbocycles. The molecule has 0 atom stereocenters. The van der Waals surface area contributed by atoms with Crippen molar-refractivity contribution in [3.63, 3.8) is 0 Å². The molecule has 3 aromatic rings. The van der Waals surface area contributed by atoms with E-state index in [2.05, 4.69) is 5.32 Å². The van der Waals surface area contributed by atoms with Crippen molar-refractivity contribution in [2.45, 2.75) is 11.8 Å². The monoisotopic (exact) mass is 386 g/mol. The van der Waals surface area contributed by atoms with Crippen LogP contribution in [0.15, 0.2) is 100 Å². The fraction of sp³-hybridized carbons (Fsp3) is 0.0435. The summed E-state index contributed by atoms with van der Waals surface area (Å²) in [5.74, 6) is -0.668. The number of benzene rings is 3. The lowest BCUT2D eigenvalue weighted by atomic mass is 10.2. The van der Waals surface area contributed by atoms with Crippen LogP contribution in [-0.4, -0.2) is 11.8 Å². The van der Waals surface area contributed by atoms with E-state index in [-0.39, 0.29) is 11.8 Å². The Morgan fingerprint density at radius 1 is 0.750 bits per heavy atom. The molecule has 28 heavy (non-hydrogen) atoms. The molecule has 2 amide bonds. The van der Waals surface area contributed by atoms with Crippen molar-refractivity contribution in [1.82, 2.24) is 0 Å². The molecule has 0 aliphatic carbocycles. The van der Waals surface area contributed by atoms with Crippen molar-refractivity contribution >= 4 is 35.0 Å². The number of hydrogen-bond acceptors (Lipinski definition) is 4. The van der Waals surface area contributed by atoms with Gasteiger partial charge in [0.1, 0.15) is 10.6 Å². The summed E-state index contributed by atoms with van der Waals surface area (Å²) in [6.45, 7) is 1.96. The Labute approximate surface area is 167 Å². The van der Waals surface area contributed by atoms with E-state index < -0.39 is 0 Å². The number of carbonyl (C=O) groups is 2. The molecule has 1 N–H and O–H groups in total. The number of rotatable bonds is 5. The zero-order valence-corrected chi connectivity index (χ0v) is 16.1. The van der Waals surface area contributed by atoms with Gasteiger partial charge in [0.25, 0.3) is 11.8 Å². The van der Waals surface area contributed by atoms with Crippen LogP contribution in [0.25, 0.3) is 0 Å². The van der Waals surface area contributed by atoms with E-state index in [1.165, 1.54) is 16.7 Å². The Morgan fingerprint density at radius 3 is 2.04 bits per heavy atom. The topological polar surface area (TPSA) is 49.4 Å². The summed E-state index contributed by atoms with van der Waals surface area (Å²) < 4.78 is 0. The van der Waals surface area contributed by atoms with Crippen LogP contribution in [0.5, 0.6) is 0 Å². The molecule has 0 saturated heterocycles. The van der Waals surface area contributed by atoms with Gasteiger partial charge < -0.3 is 5.32 Å². The van der Waals surface area contributed by atoms with Crippen LogP contribution >= 0.6 is 11.8 Å². The average Bonchev–Trinajstić information content (AvgIpc) is 2.95. The summed E-state index contributed by atoms with van der Waals surface area (Å²) in [6, 6.07) is 26.3. The summed E-state index contributed by atoms with van der Waals surface area (Å²) in [5.41, 5.74) is 2.67. The largest absolute Gasteiger partial charge is 0.350 e. The minimum atomic E-state index is -0.349. The molecule has 0 unspecified atom stereocenters. The zero-order valence-electron chi connectivity index (χ0n) is 15.3. The van der Waals surface area contributed by atoms with Crippen LogP contribution in [0.3, 0.4) is 0 Å². The van der Waals surface area contributed by atoms with Crippen molar-refractivity contribution in [2.75, 3.05) is 10.2 Å². The van der Waals surface area contributed by atoms with Crippen LogP contribution in [0, 0.1) is 6.92 Å². The fourth-order valence-electron chi connectivity index (χ4n) is 2.98. The van der Waals surface area contributed by atoms with Crippen LogP contribution in [0.4, 0.5) is 11.4 Å². The molecule has 3 aromatic carbocycles. The van der Waals surface area contributed by atoms with E-state index in [1.807, 2.05) is 79.7 Å². The molecule has 0 radical (unpaired) electrons. The number of anilines is 2. The van der Waals surface area contributed by atoms with Crippen LogP contribution in [0.2, 0.25) is 0 Å². The predicted octanol–water partition coefficient (Wildman–Crippen LogP) is 4.98. The average molecular weight is 386 g/mol. The summed E-state index contributed by atoms with van der Waals surface area (Å²) in [6.07, 6.45) is 0. The molecular formula is C23H18N2O2S.